The topological polar surface area (TPSA) is 63.4 Å². The van der Waals surface area contributed by atoms with E-state index in [9.17, 15) is 21.6 Å². The van der Waals surface area contributed by atoms with E-state index >= 15 is 0 Å². The molecule has 3 rings (SSSR count). The lowest BCUT2D eigenvalue weighted by Gasteiger charge is -2.22. The quantitative estimate of drug-likeness (QED) is 0.667. The molecule has 0 amide bonds. The van der Waals surface area contributed by atoms with Gasteiger partial charge in [0, 0.05) is 6.20 Å². The molecule has 5 nitrogen and oxygen atoms in total. The molecule has 2 heterocycles. The first-order valence-corrected chi connectivity index (χ1v) is 8.86. The standard InChI is InChI=1S/C17H13F3N2O3S/c18-17(19,20)13-6-8-15(9-7-13)26(23,24)22(12-14-4-3-11-25-14)16-5-1-2-10-21-16/h1-11H,12H2. The Morgan fingerprint density at radius 3 is 2.27 bits per heavy atom. The molecule has 0 unspecified atom stereocenters. The lowest BCUT2D eigenvalue weighted by atomic mass is 10.2. The van der Waals surface area contributed by atoms with Gasteiger partial charge in [0.05, 0.1) is 23.3 Å². The van der Waals surface area contributed by atoms with Gasteiger partial charge in [-0.05, 0) is 48.5 Å². The molecule has 1 aromatic carbocycles. The van der Waals surface area contributed by atoms with E-state index in [-0.39, 0.29) is 17.3 Å². The van der Waals surface area contributed by atoms with Crippen molar-refractivity contribution in [2.24, 2.45) is 0 Å². The van der Waals surface area contributed by atoms with Crippen LogP contribution in [0.5, 0.6) is 0 Å². The van der Waals surface area contributed by atoms with Crippen LogP contribution >= 0.6 is 0 Å². The minimum Gasteiger partial charge on any atom is -0.467 e. The summed E-state index contributed by atoms with van der Waals surface area (Å²) in [7, 11) is -4.15. The molecule has 26 heavy (non-hydrogen) atoms. The highest BCUT2D eigenvalue weighted by molar-refractivity contribution is 7.92. The summed E-state index contributed by atoms with van der Waals surface area (Å²) >= 11 is 0. The summed E-state index contributed by atoms with van der Waals surface area (Å²) in [6, 6.07) is 11.2. The highest BCUT2D eigenvalue weighted by Gasteiger charge is 2.32. The zero-order valence-corrected chi connectivity index (χ0v) is 14.0. The van der Waals surface area contributed by atoms with Crippen LogP contribution in [0.2, 0.25) is 0 Å². The summed E-state index contributed by atoms with van der Waals surface area (Å²) in [5.74, 6) is 0.495. The summed E-state index contributed by atoms with van der Waals surface area (Å²) in [6.45, 7) is -0.145. The molecular formula is C17H13F3N2O3S. The van der Waals surface area contributed by atoms with E-state index in [1.54, 1.807) is 24.3 Å². The third-order valence-electron chi connectivity index (χ3n) is 3.55. The highest BCUT2D eigenvalue weighted by Crippen LogP contribution is 2.31. The molecule has 0 spiro atoms. The minimum absolute atomic E-state index is 0.129. The number of hydrogen-bond donors (Lipinski definition) is 0. The Kier molecular flexibility index (Phi) is 4.73. The van der Waals surface area contributed by atoms with Gasteiger partial charge in [-0.15, -0.1) is 0 Å². The van der Waals surface area contributed by atoms with Crippen LogP contribution in [0.1, 0.15) is 11.3 Å². The van der Waals surface area contributed by atoms with Crippen LogP contribution in [0, 0.1) is 0 Å². The van der Waals surface area contributed by atoms with Gasteiger partial charge in [-0.1, -0.05) is 6.07 Å². The van der Waals surface area contributed by atoms with Crippen LogP contribution in [0.15, 0.2) is 76.4 Å². The van der Waals surface area contributed by atoms with Crippen molar-refractivity contribution in [3.05, 3.63) is 78.4 Å². The lowest BCUT2D eigenvalue weighted by molar-refractivity contribution is -0.137. The second kappa shape index (κ2) is 6.83. The maximum absolute atomic E-state index is 13.0. The molecule has 0 N–H and O–H groups in total. The fourth-order valence-corrected chi connectivity index (χ4v) is 3.66. The molecule has 9 heteroatoms. The van der Waals surface area contributed by atoms with Crippen molar-refractivity contribution in [2.75, 3.05) is 4.31 Å². The van der Waals surface area contributed by atoms with Gasteiger partial charge in [-0.3, -0.25) is 0 Å². The van der Waals surface area contributed by atoms with Crippen molar-refractivity contribution >= 4 is 15.8 Å². The molecule has 0 atom stereocenters. The summed E-state index contributed by atoms with van der Waals surface area (Å²) in [5.41, 5.74) is -0.924. The average Bonchev–Trinajstić information content (AvgIpc) is 3.13. The van der Waals surface area contributed by atoms with Gasteiger partial charge in [-0.2, -0.15) is 13.2 Å². The molecule has 0 aliphatic carbocycles. The first-order valence-electron chi connectivity index (χ1n) is 7.42. The predicted molar refractivity (Wildman–Crippen MR) is 87.8 cm³/mol. The number of sulfonamides is 1. The Bertz CT molecular complexity index is 955. The molecule has 0 fully saturated rings. The summed E-state index contributed by atoms with van der Waals surface area (Å²) < 4.78 is 70.3. The predicted octanol–water partition coefficient (Wildman–Crippen LogP) is 4.09. The van der Waals surface area contributed by atoms with E-state index < -0.39 is 21.8 Å². The second-order valence-corrected chi connectivity index (χ2v) is 7.16. The normalized spacial score (nSPS) is 12.1. The second-order valence-electron chi connectivity index (χ2n) is 5.30. The fourth-order valence-electron chi connectivity index (χ4n) is 2.28. The van der Waals surface area contributed by atoms with Gasteiger partial charge in [0.15, 0.2) is 0 Å². The zero-order chi connectivity index (χ0) is 18.8. The number of nitrogens with zero attached hydrogens (tertiary/aromatic N) is 2. The first-order chi connectivity index (χ1) is 12.3. The first kappa shape index (κ1) is 18.0. The van der Waals surface area contributed by atoms with E-state index in [2.05, 4.69) is 4.98 Å². The molecule has 3 aromatic rings. The maximum atomic E-state index is 13.0. The highest BCUT2D eigenvalue weighted by atomic mass is 32.2. The van der Waals surface area contributed by atoms with Crippen LogP contribution < -0.4 is 4.31 Å². The van der Waals surface area contributed by atoms with E-state index in [0.717, 1.165) is 28.6 Å². The van der Waals surface area contributed by atoms with Gasteiger partial charge < -0.3 is 4.42 Å². The molecule has 0 radical (unpaired) electrons. The van der Waals surface area contributed by atoms with Gasteiger partial charge >= 0.3 is 6.18 Å². The molecule has 0 saturated carbocycles. The molecule has 0 saturated heterocycles. The number of pyridine rings is 1. The Hall–Kier alpha value is -2.81. The van der Waals surface area contributed by atoms with Crippen molar-refractivity contribution in [3.63, 3.8) is 0 Å². The van der Waals surface area contributed by atoms with Crippen LogP contribution in [0.4, 0.5) is 19.0 Å². The van der Waals surface area contributed by atoms with E-state index in [1.165, 1.54) is 18.5 Å². The van der Waals surface area contributed by atoms with Crippen molar-refractivity contribution in [1.29, 1.82) is 0 Å². The number of rotatable bonds is 5. The number of alkyl halides is 3. The van der Waals surface area contributed by atoms with E-state index in [1.807, 2.05) is 0 Å². The van der Waals surface area contributed by atoms with Crippen molar-refractivity contribution in [1.82, 2.24) is 4.98 Å². The van der Waals surface area contributed by atoms with Crippen LogP contribution in [-0.4, -0.2) is 13.4 Å². The lowest BCUT2D eigenvalue weighted by Crippen LogP contribution is -2.31. The minimum atomic E-state index is -4.54. The number of benzene rings is 1. The monoisotopic (exact) mass is 382 g/mol. The van der Waals surface area contributed by atoms with Crippen LogP contribution in [0.25, 0.3) is 0 Å². The van der Waals surface area contributed by atoms with Crippen molar-refractivity contribution in [3.8, 4) is 0 Å². The average molecular weight is 382 g/mol. The third kappa shape index (κ3) is 3.72. The molecule has 0 bridgehead atoms. The third-order valence-corrected chi connectivity index (χ3v) is 5.32. The molecule has 2 aromatic heterocycles. The van der Waals surface area contributed by atoms with Gasteiger partial charge in [-0.25, -0.2) is 17.7 Å². The molecular weight excluding hydrogens is 369 g/mol. The summed E-state index contributed by atoms with van der Waals surface area (Å²) in [6.07, 6.45) is -1.72. The number of anilines is 1. The molecule has 0 aliphatic rings. The SMILES string of the molecule is O=S(=O)(c1ccc(C(F)(F)F)cc1)N(Cc1ccco1)c1ccccn1. The number of hydrogen-bond acceptors (Lipinski definition) is 4. The van der Waals surface area contributed by atoms with Gasteiger partial charge in [0.2, 0.25) is 0 Å². The number of furan rings is 1. The van der Waals surface area contributed by atoms with Gasteiger partial charge in [0.25, 0.3) is 10.0 Å². The van der Waals surface area contributed by atoms with Crippen molar-refractivity contribution in [2.45, 2.75) is 17.6 Å². The summed E-state index contributed by atoms with van der Waals surface area (Å²) in [5, 5.41) is 0. The Balaban J connectivity index is 2.01. The largest absolute Gasteiger partial charge is 0.467 e. The van der Waals surface area contributed by atoms with Crippen LogP contribution in [0.3, 0.4) is 0 Å². The van der Waals surface area contributed by atoms with Gasteiger partial charge in [0.1, 0.15) is 11.6 Å². The van der Waals surface area contributed by atoms with Crippen molar-refractivity contribution < 1.29 is 26.0 Å². The Morgan fingerprint density at radius 2 is 1.73 bits per heavy atom. The Labute approximate surface area is 147 Å². The maximum Gasteiger partial charge on any atom is 0.416 e. The van der Waals surface area contributed by atoms with Crippen LogP contribution in [-0.2, 0) is 22.7 Å². The zero-order valence-electron chi connectivity index (χ0n) is 13.2. The van der Waals surface area contributed by atoms with E-state index in [4.69, 9.17) is 4.42 Å². The fraction of sp³-hybridized carbons (Fsp3) is 0.118. The summed E-state index contributed by atoms with van der Waals surface area (Å²) in [4.78, 5) is 3.76. The number of aromatic nitrogens is 1. The number of halogens is 3. The molecule has 136 valence electrons. The Morgan fingerprint density at radius 1 is 1.00 bits per heavy atom. The van der Waals surface area contributed by atoms with E-state index in [0.29, 0.717) is 5.76 Å². The molecule has 0 aliphatic heterocycles. The smallest absolute Gasteiger partial charge is 0.416 e.